The third kappa shape index (κ3) is 18.7. The first-order valence-electron chi connectivity index (χ1n) is 30.7. The number of rotatable bonds is 24. The molecule has 24 N–H and O–H groups in total. The van der Waals surface area contributed by atoms with Crippen LogP contribution >= 0.6 is 0 Å². The van der Waals surface area contributed by atoms with E-state index in [9.17, 15) is 62.1 Å². The first kappa shape index (κ1) is 72.2. The van der Waals surface area contributed by atoms with Gasteiger partial charge in [0.05, 0.1) is 61.2 Å². The predicted octanol–water partition coefficient (Wildman–Crippen LogP) is -3.65. The number of hydrogen-bond acceptors (Lipinski definition) is 34. The molecule has 520 valence electrons. The zero-order chi connectivity index (χ0) is 65.0. The minimum absolute atomic E-state index is 0.0504. The van der Waals surface area contributed by atoms with Crippen LogP contribution in [-0.4, -0.2) is 229 Å². The Hall–Kier alpha value is -2.04. The van der Waals surface area contributed by atoms with E-state index in [1.165, 1.54) is 0 Å². The van der Waals surface area contributed by atoms with Crippen LogP contribution in [0.1, 0.15) is 103 Å². The van der Waals surface area contributed by atoms with E-state index in [0.29, 0.717) is 64.2 Å². The number of nitrogens with one attached hydrogen (secondary N) is 10. The second-order valence-electron chi connectivity index (χ2n) is 26.4. The summed E-state index contributed by atoms with van der Waals surface area (Å²) in [6.45, 7) is -0.202. The molecule has 7 aliphatic carbocycles. The molecule has 0 bridgehead atoms. The molecule has 0 aromatic heterocycles. The van der Waals surface area contributed by atoms with Gasteiger partial charge in [-0.1, -0.05) is 0 Å². The second-order valence-corrected chi connectivity index (χ2v) is 33.0. The molecule has 2 heterocycles. The van der Waals surface area contributed by atoms with E-state index in [0.717, 1.165) is 0 Å². The van der Waals surface area contributed by atoms with Gasteiger partial charge in [-0.2, -0.15) is 54.1 Å². The lowest BCUT2D eigenvalue weighted by Gasteiger charge is -2.51. The maximum absolute atomic E-state index is 13.0. The van der Waals surface area contributed by atoms with Crippen LogP contribution < -0.4 is 64.6 Å². The molecule has 9 fully saturated rings. The van der Waals surface area contributed by atoms with Gasteiger partial charge in [0.1, 0.15) is 60.3 Å². The summed E-state index contributed by atoms with van der Waals surface area (Å²) in [5.74, 6) is -4.38. The SMILES string of the molecule is NC1NC(NC2CCC(NC3NC(N)NC(NC4CC(S(=O)(=O)O)CC5CC(S(=O)(=O)O)C(N=NC6CC(COO)CC(COO)C6)C(O)C54)N3)CC2)NC(NC2CC(S(=O)(=O)O)CC3CC(S(=O)(=O)O)C(N=NC4CC(COO)CC(COO)C4)C(O)C32)N1. The Morgan fingerprint density at radius 1 is 0.400 bits per heavy atom. The van der Waals surface area contributed by atoms with Crippen molar-refractivity contribution in [2.45, 2.75) is 222 Å². The first-order valence-corrected chi connectivity index (χ1v) is 36.7. The molecule has 0 aromatic carbocycles. The number of nitrogens with two attached hydrogens (primary N) is 2. The predicted molar refractivity (Wildman–Crippen MR) is 312 cm³/mol. The zero-order valence-corrected chi connectivity index (χ0v) is 52.5. The summed E-state index contributed by atoms with van der Waals surface area (Å²) in [6.07, 6.45) is -4.44. The van der Waals surface area contributed by atoms with E-state index in [1.54, 1.807) is 0 Å². The van der Waals surface area contributed by atoms with Crippen molar-refractivity contribution >= 4 is 40.5 Å². The van der Waals surface area contributed by atoms with E-state index in [1.807, 2.05) is 0 Å². The Bertz CT molecular complexity index is 2650. The van der Waals surface area contributed by atoms with Gasteiger partial charge < -0.3 is 21.7 Å². The van der Waals surface area contributed by atoms with Crippen molar-refractivity contribution in [1.29, 1.82) is 0 Å². The van der Waals surface area contributed by atoms with Crippen molar-refractivity contribution < 1.29 is 103 Å². The Morgan fingerprint density at radius 2 is 0.711 bits per heavy atom. The zero-order valence-electron chi connectivity index (χ0n) is 49.3. The van der Waals surface area contributed by atoms with Crippen LogP contribution in [0.2, 0.25) is 0 Å². The van der Waals surface area contributed by atoms with Gasteiger partial charge in [-0.25, -0.2) is 19.6 Å². The topological polar surface area (TPSA) is 598 Å². The van der Waals surface area contributed by atoms with Crippen LogP contribution in [0.4, 0.5) is 0 Å². The van der Waals surface area contributed by atoms with E-state index < -0.39 is 171 Å². The van der Waals surface area contributed by atoms with Gasteiger partial charge in [0.25, 0.3) is 40.5 Å². The van der Waals surface area contributed by atoms with E-state index >= 15 is 0 Å². The lowest BCUT2D eigenvalue weighted by atomic mass is 9.65. The van der Waals surface area contributed by atoms with Gasteiger partial charge in [0, 0.05) is 36.0 Å². The number of azo groups is 2. The molecule has 9 rings (SSSR count). The molecular formula is C48H92N16O22S4. The van der Waals surface area contributed by atoms with Gasteiger partial charge in [-0.3, -0.25) is 92.4 Å². The standard InChI is InChI=1S/C48H92N16O22S4/c49-43-55-45(59-47(57-43)53-33-15-31(87(71,72)73)11-25-13-35(89(77,78)79)39(41(65)37(25)33)63-61-29-7-21(17-83-67)5-22(8-29)18-84-68)51-27-1-2-28(4-3-27)52-46-56-44(50)58-48(60-46)54-34-16-32(88(74,75)76)12-26-14-36(90(80,81)82)40(42(66)38(26)34)64-62-30-9-23(19-85-69)6-24(10-30)20-86-70/h21-48,51-60,65-70H,1-20,49-50H2,(H,71,72,73)(H,74,75,76)(H,77,78,79)(H,80,81,82). The van der Waals surface area contributed by atoms with Crippen LogP contribution in [-0.2, 0) is 60.0 Å². The van der Waals surface area contributed by atoms with Crippen molar-refractivity contribution in [2.75, 3.05) is 26.4 Å². The molecule has 0 amide bonds. The molecule has 2 saturated heterocycles. The number of hydrogen-bond donors (Lipinski definition) is 22. The highest BCUT2D eigenvalue weighted by Crippen LogP contribution is 2.48. The van der Waals surface area contributed by atoms with Gasteiger partial charge in [0.2, 0.25) is 0 Å². The Labute approximate surface area is 521 Å². The molecule has 2 aliphatic heterocycles. The normalized spacial score (nSPS) is 44.5. The third-order valence-electron chi connectivity index (χ3n) is 20.2. The van der Waals surface area contributed by atoms with Crippen molar-refractivity contribution in [2.24, 2.45) is 79.3 Å². The van der Waals surface area contributed by atoms with E-state index in [2.05, 4.69) is 93.2 Å². The molecule has 0 spiro atoms. The maximum atomic E-state index is 13.0. The minimum atomic E-state index is -4.92. The Kier molecular flexibility index (Phi) is 24.9. The monoisotopic (exact) mass is 1370 g/mol. The van der Waals surface area contributed by atoms with Gasteiger partial charge in [-0.15, -0.1) is 0 Å². The highest BCUT2D eigenvalue weighted by molar-refractivity contribution is 7.87. The molecule has 24 atom stereocenters. The molecule has 0 aromatic rings. The molecule has 9 aliphatic rings. The summed E-state index contributed by atoms with van der Waals surface area (Å²) >= 11 is 0. The molecule has 90 heavy (non-hydrogen) atoms. The molecule has 0 radical (unpaired) electrons. The summed E-state index contributed by atoms with van der Waals surface area (Å²) in [5, 5.41) is 105. The highest BCUT2D eigenvalue weighted by atomic mass is 32.2. The largest absolute Gasteiger partial charge is 0.390 e. The van der Waals surface area contributed by atoms with Crippen LogP contribution in [0.5, 0.6) is 0 Å². The van der Waals surface area contributed by atoms with Gasteiger partial charge >= 0.3 is 0 Å². The molecule has 42 heteroatoms. The third-order valence-corrected chi connectivity index (χ3v) is 25.1. The fourth-order valence-corrected chi connectivity index (χ4v) is 20.4. The summed E-state index contributed by atoms with van der Waals surface area (Å²) in [7, 11) is -19.2. The van der Waals surface area contributed by atoms with Gasteiger partial charge in [0.15, 0.2) is 0 Å². The van der Waals surface area contributed by atoms with Crippen molar-refractivity contribution in [1.82, 2.24) is 53.2 Å². The Morgan fingerprint density at radius 3 is 1.00 bits per heavy atom. The highest BCUT2D eigenvalue weighted by Gasteiger charge is 2.58. The average molecular weight is 1370 g/mol. The van der Waals surface area contributed by atoms with Crippen LogP contribution in [0, 0.1) is 47.3 Å². The number of fused-ring (bicyclic) bond motifs is 2. The molecular weight excluding hydrogens is 1280 g/mol. The quantitative estimate of drug-likeness (QED) is 0.0192. The lowest BCUT2D eigenvalue weighted by Crippen LogP contribution is -2.79. The molecule has 38 nitrogen and oxygen atoms in total. The van der Waals surface area contributed by atoms with Crippen LogP contribution in [0.3, 0.4) is 0 Å². The van der Waals surface area contributed by atoms with Crippen molar-refractivity contribution in [3.8, 4) is 0 Å². The fraction of sp³-hybridized carbons (Fsp3) is 1.00. The van der Waals surface area contributed by atoms with Crippen molar-refractivity contribution in [3.05, 3.63) is 0 Å². The summed E-state index contributed by atoms with van der Waals surface area (Å²) in [6, 6.07) is -6.15. The summed E-state index contributed by atoms with van der Waals surface area (Å²) < 4.78 is 145. The number of aliphatic hydroxyl groups is 2. The fourth-order valence-electron chi connectivity index (χ4n) is 16.4. The van der Waals surface area contributed by atoms with Crippen LogP contribution in [0.15, 0.2) is 20.5 Å². The lowest BCUT2D eigenvalue weighted by molar-refractivity contribution is -0.263. The smallest absolute Gasteiger partial charge is 0.270 e. The van der Waals surface area contributed by atoms with Crippen LogP contribution in [0.25, 0.3) is 0 Å². The van der Waals surface area contributed by atoms with E-state index in [-0.39, 0.29) is 101 Å². The number of nitrogens with zero attached hydrogens (tertiary/aromatic N) is 4. The molecule has 24 unspecified atom stereocenters. The first-order chi connectivity index (χ1) is 42.5. The molecule has 7 saturated carbocycles. The summed E-state index contributed by atoms with van der Waals surface area (Å²) in [5.41, 5.74) is 12.9. The second kappa shape index (κ2) is 31.0. The summed E-state index contributed by atoms with van der Waals surface area (Å²) in [4.78, 5) is 17.5. The van der Waals surface area contributed by atoms with Gasteiger partial charge in [-0.05, 0) is 138 Å². The number of aliphatic hydroxyl groups excluding tert-OH is 2. The maximum Gasteiger partial charge on any atom is 0.270 e. The van der Waals surface area contributed by atoms with Crippen molar-refractivity contribution in [3.63, 3.8) is 0 Å². The Balaban J connectivity index is 0.816. The van der Waals surface area contributed by atoms with E-state index in [4.69, 9.17) is 32.5 Å². The average Bonchev–Trinajstić information content (AvgIpc) is 0.827. The minimum Gasteiger partial charge on any atom is -0.390 e.